The van der Waals surface area contributed by atoms with Gasteiger partial charge in [-0.15, -0.1) is 0 Å². The summed E-state index contributed by atoms with van der Waals surface area (Å²) in [4.78, 5) is 33.5. The normalized spacial score (nSPS) is 15.5. The molecule has 2 atom stereocenters. The molecular weight excluding hydrogens is 336 g/mol. The summed E-state index contributed by atoms with van der Waals surface area (Å²) in [6, 6.07) is 0. The minimum absolute atomic E-state index is 0.239. The molecule has 0 aliphatic heterocycles. The Kier molecular flexibility index (Phi) is 10.9. The number of hydrogen-bond donors (Lipinski definition) is 1. The van der Waals surface area contributed by atoms with Crippen molar-refractivity contribution >= 4 is 5.97 Å². The fourth-order valence-corrected chi connectivity index (χ4v) is 1.83. The van der Waals surface area contributed by atoms with E-state index in [0.29, 0.717) is 31.8 Å². The van der Waals surface area contributed by atoms with Crippen molar-refractivity contribution in [3.8, 4) is 0 Å². The molecule has 2 unspecified atom stereocenters. The third-order valence-electron chi connectivity index (χ3n) is 5.36. The molecule has 0 rings (SSSR count). The molecule has 0 aromatic carbocycles. The van der Waals surface area contributed by atoms with Crippen LogP contribution in [0.25, 0.3) is 0 Å². The second-order valence-corrected chi connectivity index (χ2v) is 8.63. The van der Waals surface area contributed by atoms with Crippen LogP contribution in [0.4, 0.5) is 0 Å². The number of carbonyl (C=O) groups is 1. The van der Waals surface area contributed by atoms with Crippen LogP contribution in [0, 0.1) is 17.8 Å². The molecule has 0 saturated heterocycles. The molecule has 0 aliphatic carbocycles. The summed E-state index contributed by atoms with van der Waals surface area (Å²) in [7, 11) is 0. The summed E-state index contributed by atoms with van der Waals surface area (Å²) in [5, 5.41) is 9.46. The Labute approximate surface area is 159 Å². The van der Waals surface area contributed by atoms with Crippen molar-refractivity contribution in [3.63, 3.8) is 0 Å². The van der Waals surface area contributed by atoms with Gasteiger partial charge in [0.15, 0.2) is 0 Å². The van der Waals surface area contributed by atoms with Crippen LogP contribution >= 0.6 is 0 Å². The van der Waals surface area contributed by atoms with E-state index in [9.17, 15) is 9.90 Å². The minimum atomic E-state index is -0.874. The highest BCUT2D eigenvalue weighted by molar-refractivity contribution is 5.70. The third kappa shape index (κ3) is 8.80. The molecular formula is C20H40O6. The molecule has 0 aliphatic rings. The Morgan fingerprint density at radius 2 is 1.46 bits per heavy atom. The zero-order valence-corrected chi connectivity index (χ0v) is 18.1. The lowest BCUT2D eigenvalue weighted by molar-refractivity contribution is -0.393. The van der Waals surface area contributed by atoms with Gasteiger partial charge in [-0.05, 0) is 58.8 Å². The van der Waals surface area contributed by atoms with Crippen LogP contribution in [0.2, 0.25) is 0 Å². The van der Waals surface area contributed by atoms with Crippen LogP contribution in [0.15, 0.2) is 0 Å². The van der Waals surface area contributed by atoms with Crippen molar-refractivity contribution in [3.05, 3.63) is 0 Å². The van der Waals surface area contributed by atoms with Crippen LogP contribution in [0.5, 0.6) is 0 Å². The summed E-state index contributed by atoms with van der Waals surface area (Å²) >= 11 is 0. The maximum Gasteiger partial charge on any atom is 0.309 e. The van der Waals surface area contributed by atoms with Crippen molar-refractivity contribution in [1.82, 2.24) is 0 Å². The van der Waals surface area contributed by atoms with E-state index in [1.54, 1.807) is 0 Å². The van der Waals surface area contributed by atoms with Crippen molar-refractivity contribution in [2.75, 3.05) is 6.61 Å². The molecule has 156 valence electrons. The molecule has 1 N–H and O–H groups in total. The molecule has 0 aromatic heterocycles. The highest BCUT2D eigenvalue weighted by Crippen LogP contribution is 2.26. The zero-order valence-electron chi connectivity index (χ0n) is 18.1. The van der Waals surface area contributed by atoms with E-state index in [1.807, 2.05) is 48.5 Å². The van der Waals surface area contributed by atoms with Gasteiger partial charge < -0.3 is 5.11 Å². The molecule has 0 radical (unpaired) electrons. The molecule has 0 spiro atoms. The van der Waals surface area contributed by atoms with Gasteiger partial charge >= 0.3 is 5.97 Å². The van der Waals surface area contributed by atoms with Crippen LogP contribution < -0.4 is 0 Å². The van der Waals surface area contributed by atoms with Crippen molar-refractivity contribution in [2.45, 2.75) is 98.9 Å². The largest absolute Gasteiger partial charge is 0.481 e. The predicted octanol–water partition coefficient (Wildman–Crippen LogP) is 5.01. The number of carboxylic acids is 1. The van der Waals surface area contributed by atoms with E-state index in [4.69, 9.17) is 19.6 Å². The molecule has 0 fully saturated rings. The smallest absolute Gasteiger partial charge is 0.309 e. The first kappa shape index (κ1) is 25.3. The van der Waals surface area contributed by atoms with E-state index in [2.05, 4.69) is 13.8 Å². The van der Waals surface area contributed by atoms with Gasteiger partial charge in [-0.3, -0.25) is 4.79 Å². The van der Waals surface area contributed by atoms with Gasteiger partial charge in [-0.25, -0.2) is 19.6 Å². The lowest BCUT2D eigenvalue weighted by Gasteiger charge is -2.31. The predicted molar refractivity (Wildman–Crippen MR) is 101 cm³/mol. The molecule has 26 heavy (non-hydrogen) atoms. The van der Waals surface area contributed by atoms with Gasteiger partial charge in [-0.2, -0.15) is 0 Å². The third-order valence-corrected chi connectivity index (χ3v) is 5.36. The Balaban J connectivity index is 4.61. The van der Waals surface area contributed by atoms with Gasteiger partial charge in [0.2, 0.25) is 0 Å². The number of rotatable bonds is 14. The van der Waals surface area contributed by atoms with E-state index >= 15 is 0 Å². The van der Waals surface area contributed by atoms with Crippen LogP contribution in [0.3, 0.4) is 0 Å². The summed E-state index contributed by atoms with van der Waals surface area (Å²) in [6.45, 7) is 18.2. The SMILES string of the molecule is CCC(C(=O)O)C(CCCOOC(C)(C)C(C)C)OOC(C)(C)C(C)C. The Bertz CT molecular complexity index is 403. The molecule has 0 bridgehead atoms. The van der Waals surface area contributed by atoms with Crippen LogP contribution in [-0.4, -0.2) is 35.0 Å². The Morgan fingerprint density at radius 1 is 0.962 bits per heavy atom. The zero-order chi connectivity index (χ0) is 20.5. The topological polar surface area (TPSA) is 74.2 Å². The Hall–Kier alpha value is -0.690. The molecule has 0 amide bonds. The second kappa shape index (κ2) is 11.2. The molecule has 0 heterocycles. The summed E-state index contributed by atoms with van der Waals surface area (Å²) in [6.07, 6.45) is 1.08. The summed E-state index contributed by atoms with van der Waals surface area (Å²) in [5.41, 5.74) is -0.858. The summed E-state index contributed by atoms with van der Waals surface area (Å²) < 4.78 is 0. The quantitative estimate of drug-likeness (QED) is 0.261. The second-order valence-electron chi connectivity index (χ2n) is 8.63. The maximum absolute atomic E-state index is 11.5. The molecule has 6 nitrogen and oxygen atoms in total. The standard InChI is InChI=1S/C20H40O6/c1-10-16(18(21)22)17(24-26-20(8,9)15(4)5)12-11-13-23-25-19(6,7)14(2)3/h14-17H,10-13H2,1-9H3,(H,21,22). The van der Waals surface area contributed by atoms with Gasteiger partial charge in [0.1, 0.15) is 17.3 Å². The first-order chi connectivity index (χ1) is 11.8. The van der Waals surface area contributed by atoms with E-state index < -0.39 is 23.6 Å². The van der Waals surface area contributed by atoms with Gasteiger partial charge in [0.05, 0.1) is 12.5 Å². The van der Waals surface area contributed by atoms with Crippen LogP contribution in [0.1, 0.15) is 81.6 Å². The highest BCUT2D eigenvalue weighted by Gasteiger charge is 2.32. The number of hydrogen-bond acceptors (Lipinski definition) is 5. The van der Waals surface area contributed by atoms with Crippen molar-refractivity contribution in [2.24, 2.45) is 17.8 Å². The summed E-state index contributed by atoms with van der Waals surface area (Å²) in [5.74, 6) is -0.933. The number of carboxylic acid groups (broad SMARTS) is 1. The first-order valence-corrected chi connectivity index (χ1v) is 9.73. The Morgan fingerprint density at radius 3 is 1.88 bits per heavy atom. The fourth-order valence-electron chi connectivity index (χ4n) is 1.83. The van der Waals surface area contributed by atoms with Gasteiger partial charge in [0, 0.05) is 0 Å². The van der Waals surface area contributed by atoms with E-state index in [-0.39, 0.29) is 11.5 Å². The monoisotopic (exact) mass is 376 g/mol. The molecule has 0 aromatic rings. The van der Waals surface area contributed by atoms with Crippen LogP contribution in [-0.2, 0) is 24.3 Å². The van der Waals surface area contributed by atoms with Gasteiger partial charge in [0.25, 0.3) is 0 Å². The minimum Gasteiger partial charge on any atom is -0.481 e. The van der Waals surface area contributed by atoms with E-state index in [1.165, 1.54) is 0 Å². The average molecular weight is 377 g/mol. The lowest BCUT2D eigenvalue weighted by Crippen LogP contribution is -2.37. The van der Waals surface area contributed by atoms with Gasteiger partial charge in [-0.1, -0.05) is 34.6 Å². The van der Waals surface area contributed by atoms with E-state index in [0.717, 1.165) is 0 Å². The highest BCUT2D eigenvalue weighted by atomic mass is 17.2. The number of aliphatic carboxylic acids is 1. The fraction of sp³-hybridized carbons (Fsp3) is 0.950. The molecule has 0 saturated carbocycles. The molecule has 6 heteroatoms. The van der Waals surface area contributed by atoms with Crippen molar-refractivity contribution in [1.29, 1.82) is 0 Å². The first-order valence-electron chi connectivity index (χ1n) is 9.73. The van der Waals surface area contributed by atoms with Crippen molar-refractivity contribution < 1.29 is 29.5 Å². The average Bonchev–Trinajstić information content (AvgIpc) is 2.51. The lowest BCUT2D eigenvalue weighted by atomic mass is 9.95. The maximum atomic E-state index is 11.5.